The zero-order valence-electron chi connectivity index (χ0n) is 11.4. The van der Waals surface area contributed by atoms with Gasteiger partial charge in [0.1, 0.15) is 5.69 Å². The van der Waals surface area contributed by atoms with E-state index >= 15 is 0 Å². The van der Waals surface area contributed by atoms with Crippen LogP contribution in [0.3, 0.4) is 0 Å². The van der Waals surface area contributed by atoms with E-state index in [-0.39, 0.29) is 5.91 Å². The van der Waals surface area contributed by atoms with Crippen LogP contribution in [0.1, 0.15) is 29.4 Å². The molecule has 0 radical (unpaired) electrons. The minimum absolute atomic E-state index is 0.0560. The Labute approximate surface area is 108 Å². The molecule has 1 amide bonds. The number of nitrogen functional groups attached to an aromatic ring is 1. The van der Waals surface area contributed by atoms with Crippen molar-refractivity contribution in [2.45, 2.75) is 18.9 Å². The van der Waals surface area contributed by atoms with Crippen molar-refractivity contribution in [1.29, 1.82) is 0 Å². The van der Waals surface area contributed by atoms with E-state index in [1.165, 1.54) is 0 Å². The van der Waals surface area contributed by atoms with Gasteiger partial charge in [-0.05, 0) is 33.0 Å². The van der Waals surface area contributed by atoms with Gasteiger partial charge in [-0.2, -0.15) is 0 Å². The summed E-state index contributed by atoms with van der Waals surface area (Å²) in [6.45, 7) is 1.59. The Kier molecular flexibility index (Phi) is 3.61. The Morgan fingerprint density at radius 2 is 2.06 bits per heavy atom. The van der Waals surface area contributed by atoms with Gasteiger partial charge < -0.3 is 20.1 Å². The first-order valence-corrected chi connectivity index (χ1v) is 6.36. The molecule has 1 heterocycles. The van der Waals surface area contributed by atoms with E-state index in [1.54, 1.807) is 11.0 Å². The summed E-state index contributed by atoms with van der Waals surface area (Å²) >= 11 is 0. The maximum absolute atomic E-state index is 12.4. The fourth-order valence-electron chi connectivity index (χ4n) is 1.97. The highest BCUT2D eigenvalue weighted by Crippen LogP contribution is 2.37. The van der Waals surface area contributed by atoms with Gasteiger partial charge in [0.25, 0.3) is 5.91 Å². The van der Waals surface area contributed by atoms with Crippen LogP contribution in [0, 0.1) is 0 Å². The average molecular weight is 250 g/mol. The first-order valence-electron chi connectivity index (χ1n) is 6.36. The quantitative estimate of drug-likeness (QED) is 0.849. The van der Waals surface area contributed by atoms with E-state index < -0.39 is 0 Å². The summed E-state index contributed by atoms with van der Waals surface area (Å²) in [4.78, 5) is 16.2. The fourth-order valence-corrected chi connectivity index (χ4v) is 1.97. The molecule has 2 N–H and O–H groups in total. The van der Waals surface area contributed by atoms with Crippen molar-refractivity contribution in [2.75, 3.05) is 40.0 Å². The molecule has 1 aromatic heterocycles. The third-order valence-corrected chi connectivity index (χ3v) is 3.26. The minimum atomic E-state index is 0.0560. The molecule has 18 heavy (non-hydrogen) atoms. The van der Waals surface area contributed by atoms with Crippen molar-refractivity contribution < 1.29 is 4.79 Å². The van der Waals surface area contributed by atoms with Gasteiger partial charge in [-0.3, -0.25) is 4.79 Å². The fraction of sp³-hybridized carbons (Fsp3) is 0.615. The van der Waals surface area contributed by atoms with Gasteiger partial charge >= 0.3 is 0 Å². The molecular weight excluding hydrogens is 228 g/mol. The summed E-state index contributed by atoms with van der Waals surface area (Å²) in [5.41, 5.74) is 7.20. The third-order valence-electron chi connectivity index (χ3n) is 3.26. The van der Waals surface area contributed by atoms with Crippen LogP contribution in [0.25, 0.3) is 0 Å². The van der Waals surface area contributed by atoms with Gasteiger partial charge in [0.15, 0.2) is 0 Å². The maximum Gasteiger partial charge on any atom is 0.270 e. The standard InChI is InChI=1S/C13H22N4O/c1-15(2)6-7-16(3)13(18)12-8-10(14)9-17(12)11-4-5-11/h8-9,11H,4-7,14H2,1-3H3. The Balaban J connectivity index is 2.07. The lowest BCUT2D eigenvalue weighted by Gasteiger charge is -2.20. The van der Waals surface area contributed by atoms with E-state index in [0.29, 0.717) is 11.7 Å². The van der Waals surface area contributed by atoms with E-state index in [2.05, 4.69) is 4.90 Å². The lowest BCUT2D eigenvalue weighted by molar-refractivity contribution is 0.0775. The van der Waals surface area contributed by atoms with E-state index in [4.69, 9.17) is 5.73 Å². The molecule has 5 nitrogen and oxygen atoms in total. The molecule has 0 aromatic carbocycles. The van der Waals surface area contributed by atoms with Crippen LogP contribution in [-0.4, -0.2) is 54.5 Å². The highest BCUT2D eigenvalue weighted by molar-refractivity contribution is 5.93. The number of rotatable bonds is 5. The molecule has 100 valence electrons. The number of likely N-dealkylation sites (N-methyl/N-ethyl adjacent to an activating group) is 2. The van der Waals surface area contributed by atoms with Crippen molar-refractivity contribution in [2.24, 2.45) is 0 Å². The SMILES string of the molecule is CN(C)CCN(C)C(=O)c1cc(N)cn1C1CC1. The van der Waals surface area contributed by atoms with Gasteiger partial charge in [-0.15, -0.1) is 0 Å². The summed E-state index contributed by atoms with van der Waals surface area (Å²) in [5, 5.41) is 0. The number of hydrogen-bond donors (Lipinski definition) is 1. The van der Waals surface area contributed by atoms with Crippen LogP contribution in [-0.2, 0) is 0 Å². The number of anilines is 1. The number of carbonyl (C=O) groups excluding carboxylic acids is 1. The van der Waals surface area contributed by atoms with Crippen LogP contribution in [0.15, 0.2) is 12.3 Å². The van der Waals surface area contributed by atoms with Gasteiger partial charge in [-0.1, -0.05) is 0 Å². The van der Waals surface area contributed by atoms with Crippen molar-refractivity contribution >= 4 is 11.6 Å². The number of amides is 1. The van der Waals surface area contributed by atoms with Crippen LogP contribution >= 0.6 is 0 Å². The zero-order chi connectivity index (χ0) is 13.3. The molecule has 1 saturated carbocycles. The number of nitrogens with zero attached hydrogens (tertiary/aromatic N) is 3. The molecule has 0 aliphatic heterocycles. The second-order valence-corrected chi connectivity index (χ2v) is 5.33. The van der Waals surface area contributed by atoms with Crippen LogP contribution in [0.2, 0.25) is 0 Å². The number of aromatic nitrogens is 1. The molecule has 0 atom stereocenters. The van der Waals surface area contributed by atoms with Crippen molar-refractivity contribution in [1.82, 2.24) is 14.4 Å². The zero-order valence-corrected chi connectivity index (χ0v) is 11.4. The molecule has 2 rings (SSSR count). The molecule has 0 saturated heterocycles. The highest BCUT2D eigenvalue weighted by atomic mass is 16.2. The largest absolute Gasteiger partial charge is 0.397 e. The first kappa shape index (κ1) is 13.0. The maximum atomic E-state index is 12.4. The third kappa shape index (κ3) is 2.85. The lowest BCUT2D eigenvalue weighted by Crippen LogP contribution is -2.34. The average Bonchev–Trinajstić information content (AvgIpc) is 3.08. The molecule has 0 spiro atoms. The first-order chi connectivity index (χ1) is 8.49. The molecule has 1 aliphatic rings. The van der Waals surface area contributed by atoms with Crippen molar-refractivity contribution in [3.05, 3.63) is 18.0 Å². The predicted molar refractivity (Wildman–Crippen MR) is 72.6 cm³/mol. The lowest BCUT2D eigenvalue weighted by atomic mass is 10.3. The van der Waals surface area contributed by atoms with Crippen molar-refractivity contribution in [3.63, 3.8) is 0 Å². The molecule has 0 unspecified atom stereocenters. The highest BCUT2D eigenvalue weighted by Gasteiger charge is 2.28. The number of nitrogens with two attached hydrogens (primary N) is 1. The second kappa shape index (κ2) is 5.02. The molecule has 1 aliphatic carbocycles. The summed E-state index contributed by atoms with van der Waals surface area (Å²) in [7, 11) is 5.85. The Hall–Kier alpha value is -1.49. The van der Waals surface area contributed by atoms with E-state index in [1.807, 2.05) is 31.9 Å². The van der Waals surface area contributed by atoms with Crippen molar-refractivity contribution in [3.8, 4) is 0 Å². The molecule has 5 heteroatoms. The molecule has 1 fully saturated rings. The minimum Gasteiger partial charge on any atom is -0.397 e. The monoisotopic (exact) mass is 250 g/mol. The number of hydrogen-bond acceptors (Lipinski definition) is 3. The summed E-state index contributed by atoms with van der Waals surface area (Å²) in [6.07, 6.45) is 4.18. The van der Waals surface area contributed by atoms with E-state index in [0.717, 1.165) is 31.6 Å². The van der Waals surface area contributed by atoms with Crippen LogP contribution in [0.4, 0.5) is 5.69 Å². The smallest absolute Gasteiger partial charge is 0.270 e. The molecule has 1 aromatic rings. The summed E-state index contributed by atoms with van der Waals surface area (Å²) in [5.74, 6) is 0.0560. The predicted octanol–water partition coefficient (Wildman–Crippen LogP) is 1.04. The van der Waals surface area contributed by atoms with Crippen LogP contribution in [0.5, 0.6) is 0 Å². The molecular formula is C13H22N4O. The van der Waals surface area contributed by atoms with Gasteiger partial charge in [0.2, 0.25) is 0 Å². The van der Waals surface area contributed by atoms with E-state index in [9.17, 15) is 4.79 Å². The van der Waals surface area contributed by atoms with Gasteiger partial charge in [-0.25, -0.2) is 0 Å². The Bertz CT molecular complexity index is 434. The topological polar surface area (TPSA) is 54.5 Å². The second-order valence-electron chi connectivity index (χ2n) is 5.33. The normalized spacial score (nSPS) is 15.1. The Morgan fingerprint density at radius 1 is 1.39 bits per heavy atom. The van der Waals surface area contributed by atoms with Crippen LogP contribution < -0.4 is 5.73 Å². The summed E-state index contributed by atoms with van der Waals surface area (Å²) < 4.78 is 2.03. The van der Waals surface area contributed by atoms with Gasteiger partial charge in [0, 0.05) is 32.4 Å². The molecule has 0 bridgehead atoms. The number of carbonyl (C=O) groups is 1. The summed E-state index contributed by atoms with van der Waals surface area (Å²) in [6, 6.07) is 2.26. The Morgan fingerprint density at radius 3 is 2.61 bits per heavy atom. The van der Waals surface area contributed by atoms with Gasteiger partial charge in [0.05, 0.1) is 5.69 Å².